The molecule has 1 aliphatic carbocycles. The molecule has 0 radical (unpaired) electrons. The Morgan fingerprint density at radius 2 is 1.61 bits per heavy atom. The zero-order chi connectivity index (χ0) is 30.0. The molecule has 4 aromatic rings. The van der Waals surface area contributed by atoms with Gasteiger partial charge in [0.15, 0.2) is 0 Å². The fourth-order valence-electron chi connectivity index (χ4n) is 7.98. The van der Waals surface area contributed by atoms with Crippen LogP contribution in [-0.2, 0) is 16.1 Å². The number of hydrogen-bond donors (Lipinski definition) is 0. The third kappa shape index (κ3) is 4.14. The molecule has 6 nitrogen and oxygen atoms in total. The number of benzene rings is 4. The first-order valence-corrected chi connectivity index (χ1v) is 17.4. The summed E-state index contributed by atoms with van der Waals surface area (Å²) in [7, 11) is 1.65. The van der Waals surface area contributed by atoms with Crippen molar-refractivity contribution in [2.45, 2.75) is 54.7 Å². The second-order valence-electron chi connectivity index (χ2n) is 12.3. The maximum absolute atomic E-state index is 14.7. The number of amides is 1. The van der Waals surface area contributed by atoms with Gasteiger partial charge in [0, 0.05) is 0 Å². The van der Waals surface area contributed by atoms with Gasteiger partial charge in [-0.25, -0.2) is 0 Å². The van der Waals surface area contributed by atoms with Crippen LogP contribution in [0.3, 0.4) is 0 Å². The van der Waals surface area contributed by atoms with E-state index in [2.05, 4.69) is 66.6 Å². The summed E-state index contributed by atoms with van der Waals surface area (Å²) >= 11 is 0.147. The minimum absolute atomic E-state index is 0.0600. The van der Waals surface area contributed by atoms with Crippen molar-refractivity contribution >= 4 is 36.8 Å². The SMILES string of the molecule is COc1ccc(N2C(=O)[C@H]3[C@@H]2[C@H]2[C@H](c4ccc(C)cc4)[C@]4(CCc5ccccc5C4=O)ON2[C@@H]3C[Se]c2ccccc2)cc1. The van der Waals surface area contributed by atoms with E-state index >= 15 is 0 Å². The summed E-state index contributed by atoms with van der Waals surface area (Å²) in [5.74, 6) is 0.527. The van der Waals surface area contributed by atoms with E-state index in [1.807, 2.05) is 53.4 Å². The number of fused-ring (bicyclic) bond motifs is 4. The predicted molar refractivity (Wildman–Crippen MR) is 171 cm³/mol. The Morgan fingerprint density at radius 3 is 2.36 bits per heavy atom. The number of ether oxygens (including phenoxy) is 1. The number of hydrogen-bond acceptors (Lipinski definition) is 5. The molecule has 4 aromatic carbocycles. The predicted octanol–water partition coefficient (Wildman–Crippen LogP) is 5.13. The van der Waals surface area contributed by atoms with Crippen molar-refractivity contribution in [2.24, 2.45) is 5.92 Å². The summed E-state index contributed by atoms with van der Waals surface area (Å²) in [6.45, 7) is 2.09. The Labute approximate surface area is 264 Å². The standard InChI is InChI=1S/C37H34N2O4Se/c1-23-12-14-25(15-13-23)32-34-33-31(36(41)38(33)26-16-18-27(42-2)19-17-26)30(22-44-28-9-4-3-5-10-28)39(34)43-37(32)21-20-24-8-6-7-11-29(24)35(37)40/h3-19,30-34H,20-22H2,1-2H3/t30-,31-,32+,33-,34-,37+/m1/s1. The average molecular weight is 650 g/mol. The summed E-state index contributed by atoms with van der Waals surface area (Å²) < 4.78 is 6.70. The van der Waals surface area contributed by atoms with Crippen LogP contribution in [0.5, 0.6) is 5.75 Å². The van der Waals surface area contributed by atoms with Gasteiger partial charge in [0.2, 0.25) is 0 Å². The van der Waals surface area contributed by atoms with Gasteiger partial charge in [-0.3, -0.25) is 0 Å². The fraction of sp³-hybridized carbons (Fsp3) is 0.297. The van der Waals surface area contributed by atoms with Gasteiger partial charge in [-0.1, -0.05) is 0 Å². The van der Waals surface area contributed by atoms with Crippen LogP contribution < -0.4 is 14.1 Å². The van der Waals surface area contributed by atoms with E-state index in [9.17, 15) is 9.59 Å². The van der Waals surface area contributed by atoms with Crippen LogP contribution in [0.2, 0.25) is 5.32 Å². The maximum atomic E-state index is 14.7. The fourth-order valence-corrected chi connectivity index (χ4v) is 10.2. The molecule has 3 saturated heterocycles. The van der Waals surface area contributed by atoms with E-state index in [0.717, 1.165) is 39.9 Å². The number of β-lactam (4-membered cyclic amide) rings is 1. The third-order valence-corrected chi connectivity index (χ3v) is 12.4. The van der Waals surface area contributed by atoms with Gasteiger partial charge in [0.25, 0.3) is 0 Å². The number of rotatable bonds is 6. The number of Topliss-reactive ketones (excluding diaryl/α,β-unsaturated/α-hetero) is 1. The van der Waals surface area contributed by atoms with Gasteiger partial charge in [0.05, 0.1) is 0 Å². The Balaban J connectivity index is 1.25. The number of methoxy groups -OCH3 is 1. The summed E-state index contributed by atoms with van der Waals surface area (Å²) in [5, 5.41) is 2.95. The van der Waals surface area contributed by atoms with Gasteiger partial charge in [-0.2, -0.15) is 0 Å². The van der Waals surface area contributed by atoms with Crippen molar-refractivity contribution in [1.82, 2.24) is 5.06 Å². The van der Waals surface area contributed by atoms with E-state index in [-0.39, 0.29) is 56.6 Å². The Kier molecular flexibility index (Phi) is 6.76. The molecule has 4 aliphatic rings. The van der Waals surface area contributed by atoms with E-state index in [0.29, 0.717) is 6.42 Å². The van der Waals surface area contributed by atoms with E-state index in [1.54, 1.807) is 7.11 Å². The van der Waals surface area contributed by atoms with Crippen molar-refractivity contribution in [3.8, 4) is 5.75 Å². The van der Waals surface area contributed by atoms with Crippen LogP contribution in [-0.4, -0.2) is 62.5 Å². The first-order chi connectivity index (χ1) is 21.5. The Morgan fingerprint density at radius 1 is 0.886 bits per heavy atom. The van der Waals surface area contributed by atoms with Crippen molar-refractivity contribution in [3.63, 3.8) is 0 Å². The minimum atomic E-state index is -1.03. The topological polar surface area (TPSA) is 59.1 Å². The van der Waals surface area contributed by atoms with Crippen molar-refractivity contribution in [2.75, 3.05) is 12.0 Å². The number of nitrogens with zero attached hydrogens (tertiary/aromatic N) is 2. The molecule has 0 bridgehead atoms. The Bertz CT molecular complexity index is 1730. The van der Waals surface area contributed by atoms with Crippen LogP contribution in [0.1, 0.15) is 39.4 Å². The summed E-state index contributed by atoms with van der Waals surface area (Å²) in [6.07, 6.45) is 1.39. The van der Waals surface area contributed by atoms with Gasteiger partial charge in [-0.15, -0.1) is 0 Å². The molecule has 0 unspecified atom stereocenters. The quantitative estimate of drug-likeness (QED) is 0.214. The molecule has 0 N–H and O–H groups in total. The zero-order valence-electron chi connectivity index (χ0n) is 24.8. The molecule has 3 fully saturated rings. The molecule has 1 spiro atoms. The molecule has 0 aromatic heterocycles. The second kappa shape index (κ2) is 10.7. The molecule has 7 heteroatoms. The number of carbonyl (C=O) groups excluding carboxylic acids is 2. The molecule has 6 atom stereocenters. The third-order valence-electron chi connectivity index (χ3n) is 10.0. The molecule has 0 saturated carbocycles. The summed E-state index contributed by atoms with van der Waals surface area (Å²) in [5.41, 5.74) is 3.94. The number of aryl methyl sites for hydroxylation is 2. The first-order valence-electron chi connectivity index (χ1n) is 15.3. The molecule has 222 valence electrons. The zero-order valence-corrected chi connectivity index (χ0v) is 26.5. The van der Waals surface area contributed by atoms with Gasteiger partial charge in [0.1, 0.15) is 0 Å². The van der Waals surface area contributed by atoms with Crippen molar-refractivity contribution in [3.05, 3.63) is 125 Å². The molecule has 8 rings (SSSR count). The van der Waals surface area contributed by atoms with Crippen molar-refractivity contribution < 1.29 is 19.2 Å². The molecular formula is C37H34N2O4Se. The number of anilines is 1. The number of ketones is 1. The Hall–Kier alpha value is -3.74. The van der Waals surface area contributed by atoms with E-state index in [4.69, 9.17) is 9.57 Å². The van der Waals surface area contributed by atoms with Crippen LogP contribution in [0.25, 0.3) is 0 Å². The molecule has 44 heavy (non-hydrogen) atoms. The van der Waals surface area contributed by atoms with Crippen molar-refractivity contribution in [1.29, 1.82) is 0 Å². The van der Waals surface area contributed by atoms with Crippen LogP contribution in [0, 0.1) is 12.8 Å². The molecular weight excluding hydrogens is 615 g/mol. The number of hydroxylamine groups is 2. The summed E-state index contributed by atoms with van der Waals surface area (Å²) in [4.78, 5) is 37.8. The number of carbonyl (C=O) groups is 2. The van der Waals surface area contributed by atoms with Crippen LogP contribution >= 0.6 is 0 Å². The second-order valence-corrected chi connectivity index (χ2v) is 14.6. The molecule has 3 aliphatic heterocycles. The van der Waals surface area contributed by atoms with E-state index < -0.39 is 5.60 Å². The normalized spacial score (nSPS) is 28.9. The monoisotopic (exact) mass is 650 g/mol. The van der Waals surface area contributed by atoms with Crippen LogP contribution in [0.15, 0.2) is 103 Å². The van der Waals surface area contributed by atoms with Crippen LogP contribution in [0.4, 0.5) is 5.69 Å². The van der Waals surface area contributed by atoms with Gasteiger partial charge in [-0.05, 0) is 0 Å². The average Bonchev–Trinajstić information content (AvgIpc) is 3.52. The van der Waals surface area contributed by atoms with Gasteiger partial charge >= 0.3 is 265 Å². The summed E-state index contributed by atoms with van der Waals surface area (Å²) in [6, 6.07) is 34.4. The molecule has 1 amide bonds. The first kappa shape index (κ1) is 27.8. The van der Waals surface area contributed by atoms with E-state index in [1.165, 1.54) is 10.0 Å². The van der Waals surface area contributed by atoms with Gasteiger partial charge < -0.3 is 0 Å². The molecule has 3 heterocycles.